The Hall–Kier alpha value is -0.320. The number of hydrogen-bond donors (Lipinski definition) is 1. The van der Waals surface area contributed by atoms with E-state index in [0.29, 0.717) is 5.15 Å². The highest BCUT2D eigenvalue weighted by Crippen LogP contribution is 2.32. The van der Waals surface area contributed by atoms with Crippen LogP contribution >= 0.6 is 22.9 Å². The van der Waals surface area contributed by atoms with Crippen molar-refractivity contribution in [2.75, 3.05) is 18.5 Å². The van der Waals surface area contributed by atoms with Crippen molar-refractivity contribution in [3.05, 3.63) is 10.0 Å². The minimum Gasteiger partial charge on any atom is -0.391 e. The molecule has 0 spiro atoms. The average molecular weight is 247 g/mol. The predicted molar refractivity (Wildman–Crippen MR) is 63.7 cm³/mol. The number of thiazole rings is 1. The minimum atomic E-state index is -0.0201. The van der Waals surface area contributed by atoms with Gasteiger partial charge in [0.25, 0.3) is 0 Å². The highest BCUT2D eigenvalue weighted by molar-refractivity contribution is 7.16. The van der Waals surface area contributed by atoms with E-state index in [4.69, 9.17) is 16.7 Å². The van der Waals surface area contributed by atoms with Crippen LogP contribution in [0.3, 0.4) is 0 Å². The Kier molecular flexibility index (Phi) is 3.49. The number of rotatable bonds is 4. The SMILES string of the molecule is CN(CC1CCC1)c1nc(Cl)c(CO)s1. The normalized spacial score (nSPS) is 16.5. The molecule has 2 rings (SSSR count). The predicted octanol–water partition coefficient (Wildman–Crippen LogP) is 2.53. The third kappa shape index (κ3) is 2.44. The zero-order chi connectivity index (χ0) is 10.8. The van der Waals surface area contributed by atoms with Crippen molar-refractivity contribution >= 4 is 28.1 Å². The smallest absolute Gasteiger partial charge is 0.186 e. The van der Waals surface area contributed by atoms with Crippen molar-refractivity contribution < 1.29 is 5.11 Å². The van der Waals surface area contributed by atoms with E-state index in [1.807, 2.05) is 7.05 Å². The molecule has 1 fully saturated rings. The Labute approximate surface area is 98.7 Å². The van der Waals surface area contributed by atoms with Crippen LogP contribution in [0.4, 0.5) is 5.13 Å². The van der Waals surface area contributed by atoms with Crippen molar-refractivity contribution in [3.8, 4) is 0 Å². The van der Waals surface area contributed by atoms with Crippen LogP contribution in [0.1, 0.15) is 24.1 Å². The molecule has 0 amide bonds. The van der Waals surface area contributed by atoms with E-state index in [1.54, 1.807) is 0 Å². The second-order valence-corrected chi connectivity index (χ2v) is 5.47. The molecule has 1 aliphatic carbocycles. The molecule has 84 valence electrons. The van der Waals surface area contributed by atoms with Crippen LogP contribution in [-0.4, -0.2) is 23.7 Å². The first kappa shape index (κ1) is 11.2. The van der Waals surface area contributed by atoms with Gasteiger partial charge in [0.05, 0.1) is 11.5 Å². The minimum absolute atomic E-state index is 0.0201. The van der Waals surface area contributed by atoms with E-state index in [2.05, 4.69) is 9.88 Å². The lowest BCUT2D eigenvalue weighted by Gasteiger charge is -2.29. The first-order chi connectivity index (χ1) is 7.20. The van der Waals surface area contributed by atoms with Crippen LogP contribution in [0.15, 0.2) is 0 Å². The number of aliphatic hydroxyl groups is 1. The van der Waals surface area contributed by atoms with Gasteiger partial charge in [-0.3, -0.25) is 0 Å². The maximum Gasteiger partial charge on any atom is 0.186 e. The molecule has 1 aliphatic rings. The molecule has 1 aromatic heterocycles. The number of hydrogen-bond acceptors (Lipinski definition) is 4. The second kappa shape index (κ2) is 4.68. The van der Waals surface area contributed by atoms with Crippen LogP contribution in [0.2, 0.25) is 5.15 Å². The summed E-state index contributed by atoms with van der Waals surface area (Å²) >= 11 is 7.36. The molecule has 1 aromatic rings. The van der Waals surface area contributed by atoms with Gasteiger partial charge in [-0.2, -0.15) is 0 Å². The molecule has 0 unspecified atom stereocenters. The van der Waals surface area contributed by atoms with Crippen molar-refractivity contribution in [3.63, 3.8) is 0 Å². The summed E-state index contributed by atoms with van der Waals surface area (Å²) in [6.07, 6.45) is 4.02. The summed E-state index contributed by atoms with van der Waals surface area (Å²) in [6, 6.07) is 0. The molecule has 1 N–H and O–H groups in total. The van der Waals surface area contributed by atoms with E-state index < -0.39 is 0 Å². The molecule has 0 radical (unpaired) electrons. The van der Waals surface area contributed by atoms with Crippen LogP contribution in [0.5, 0.6) is 0 Å². The molecule has 0 saturated heterocycles. The summed E-state index contributed by atoms with van der Waals surface area (Å²) in [7, 11) is 2.04. The van der Waals surface area contributed by atoms with Crippen molar-refractivity contribution in [1.29, 1.82) is 0 Å². The van der Waals surface area contributed by atoms with E-state index in [0.717, 1.165) is 22.5 Å². The van der Waals surface area contributed by atoms with E-state index in [-0.39, 0.29) is 6.61 Å². The topological polar surface area (TPSA) is 36.4 Å². The molecule has 0 bridgehead atoms. The Balaban J connectivity index is 2.00. The fourth-order valence-corrected chi connectivity index (χ4v) is 2.81. The molecule has 0 aliphatic heterocycles. The molecular formula is C10H15ClN2OS. The summed E-state index contributed by atoms with van der Waals surface area (Å²) in [5.41, 5.74) is 0. The molecule has 0 aromatic carbocycles. The van der Waals surface area contributed by atoms with Gasteiger partial charge < -0.3 is 10.0 Å². The zero-order valence-corrected chi connectivity index (χ0v) is 10.3. The number of halogens is 1. The third-order valence-electron chi connectivity index (χ3n) is 2.87. The molecule has 15 heavy (non-hydrogen) atoms. The Morgan fingerprint density at radius 1 is 1.60 bits per heavy atom. The monoisotopic (exact) mass is 246 g/mol. The van der Waals surface area contributed by atoms with Gasteiger partial charge in [-0.05, 0) is 18.8 Å². The van der Waals surface area contributed by atoms with Crippen LogP contribution in [-0.2, 0) is 6.61 Å². The Morgan fingerprint density at radius 2 is 2.33 bits per heavy atom. The molecule has 0 atom stereocenters. The van der Waals surface area contributed by atoms with Gasteiger partial charge in [0.1, 0.15) is 5.15 Å². The zero-order valence-electron chi connectivity index (χ0n) is 8.74. The lowest BCUT2D eigenvalue weighted by Crippen LogP contribution is -2.29. The third-order valence-corrected chi connectivity index (χ3v) is 4.44. The van der Waals surface area contributed by atoms with Crippen LogP contribution in [0.25, 0.3) is 0 Å². The van der Waals surface area contributed by atoms with Crippen molar-refractivity contribution in [1.82, 2.24) is 4.98 Å². The van der Waals surface area contributed by atoms with Gasteiger partial charge in [-0.25, -0.2) is 4.98 Å². The van der Waals surface area contributed by atoms with Gasteiger partial charge in [-0.15, -0.1) is 0 Å². The summed E-state index contributed by atoms with van der Waals surface area (Å²) < 4.78 is 0. The summed E-state index contributed by atoms with van der Waals surface area (Å²) in [4.78, 5) is 7.14. The number of aromatic nitrogens is 1. The van der Waals surface area contributed by atoms with Gasteiger partial charge in [0.15, 0.2) is 5.13 Å². The van der Waals surface area contributed by atoms with Crippen molar-refractivity contribution in [2.24, 2.45) is 5.92 Å². The van der Waals surface area contributed by atoms with Crippen molar-refractivity contribution in [2.45, 2.75) is 25.9 Å². The Bertz CT molecular complexity index is 338. The summed E-state index contributed by atoms with van der Waals surface area (Å²) in [5, 5.41) is 10.4. The van der Waals surface area contributed by atoms with Gasteiger partial charge in [-0.1, -0.05) is 29.4 Å². The number of aliphatic hydroxyl groups excluding tert-OH is 1. The largest absolute Gasteiger partial charge is 0.391 e. The fourth-order valence-electron chi connectivity index (χ4n) is 1.72. The van der Waals surface area contributed by atoms with Gasteiger partial charge >= 0.3 is 0 Å². The summed E-state index contributed by atoms with van der Waals surface area (Å²) in [5.74, 6) is 0.815. The highest BCUT2D eigenvalue weighted by atomic mass is 35.5. The lowest BCUT2D eigenvalue weighted by molar-refractivity contribution is 0.285. The van der Waals surface area contributed by atoms with E-state index >= 15 is 0 Å². The first-order valence-corrected chi connectivity index (χ1v) is 6.37. The molecule has 1 heterocycles. The molecule has 3 nitrogen and oxygen atoms in total. The maximum atomic E-state index is 9.02. The molecule has 5 heteroatoms. The molecular weight excluding hydrogens is 232 g/mol. The average Bonchev–Trinajstić information content (AvgIpc) is 2.53. The van der Waals surface area contributed by atoms with Gasteiger partial charge in [0, 0.05) is 13.6 Å². The molecule has 1 saturated carbocycles. The van der Waals surface area contributed by atoms with E-state index in [9.17, 15) is 0 Å². The number of anilines is 1. The maximum absolute atomic E-state index is 9.02. The Morgan fingerprint density at radius 3 is 2.80 bits per heavy atom. The van der Waals surface area contributed by atoms with Crippen LogP contribution in [0, 0.1) is 5.92 Å². The first-order valence-electron chi connectivity index (χ1n) is 5.18. The van der Waals surface area contributed by atoms with Crippen LogP contribution < -0.4 is 4.90 Å². The fraction of sp³-hybridized carbons (Fsp3) is 0.700. The quantitative estimate of drug-likeness (QED) is 0.887. The standard InChI is InChI=1S/C10H15ClN2OS/c1-13(5-7-3-2-4-7)10-12-9(11)8(6-14)15-10/h7,14H,2-6H2,1H3. The van der Waals surface area contributed by atoms with Gasteiger partial charge in [0.2, 0.25) is 0 Å². The second-order valence-electron chi connectivity index (χ2n) is 4.05. The lowest BCUT2D eigenvalue weighted by atomic mass is 9.85. The van der Waals surface area contributed by atoms with E-state index in [1.165, 1.54) is 30.6 Å². The highest BCUT2D eigenvalue weighted by Gasteiger charge is 2.21. The number of nitrogens with zero attached hydrogens (tertiary/aromatic N) is 2. The summed E-state index contributed by atoms with van der Waals surface area (Å²) in [6.45, 7) is 1.03.